The Bertz CT molecular complexity index is 1110. The lowest BCUT2D eigenvalue weighted by Crippen LogP contribution is -2.24. The normalized spacial score (nSPS) is 10.9. The van der Waals surface area contributed by atoms with E-state index in [9.17, 15) is 4.79 Å². The minimum Gasteiger partial charge on any atom is -0.494 e. The third kappa shape index (κ3) is 8.37. The molecule has 0 atom stereocenters. The van der Waals surface area contributed by atoms with Gasteiger partial charge in [-0.15, -0.1) is 0 Å². The molecule has 0 aliphatic heterocycles. The van der Waals surface area contributed by atoms with Crippen LogP contribution in [-0.2, 0) is 4.74 Å². The summed E-state index contributed by atoms with van der Waals surface area (Å²) >= 11 is 0. The molecule has 1 aromatic heterocycles. The first kappa shape index (κ1) is 26.2. The molecule has 186 valence electrons. The molecular weight excluding hydrogens is 440 g/mol. The molecule has 3 aromatic rings. The maximum atomic E-state index is 12.6. The van der Waals surface area contributed by atoms with Crippen LogP contribution in [0.15, 0.2) is 59.6 Å². The summed E-state index contributed by atoms with van der Waals surface area (Å²) in [5.41, 5.74) is 13.5. The summed E-state index contributed by atoms with van der Waals surface area (Å²) < 4.78 is 11.6. The van der Waals surface area contributed by atoms with Gasteiger partial charge in [0.05, 0.1) is 23.4 Å². The predicted molar refractivity (Wildman–Crippen MR) is 142 cm³/mol. The fourth-order valence-electron chi connectivity index (χ4n) is 3.81. The molecule has 0 radical (unpaired) electrons. The van der Waals surface area contributed by atoms with Gasteiger partial charge in [0.2, 0.25) is 0 Å². The number of benzene rings is 2. The molecule has 2 aromatic carbocycles. The van der Waals surface area contributed by atoms with Crippen molar-refractivity contribution in [3.63, 3.8) is 0 Å². The first-order chi connectivity index (χ1) is 17.1. The molecule has 1 amide bonds. The van der Waals surface area contributed by atoms with Gasteiger partial charge in [-0.1, -0.05) is 44.4 Å². The number of carbonyl (C=O) groups excluding carboxylic acids is 1. The molecule has 4 N–H and O–H groups in total. The molecule has 3 rings (SSSR count). The van der Waals surface area contributed by atoms with Crippen LogP contribution < -0.4 is 16.2 Å². The Morgan fingerprint density at radius 2 is 1.57 bits per heavy atom. The monoisotopic (exact) mass is 476 g/mol. The average Bonchev–Trinajstić information content (AvgIpc) is 2.86. The highest BCUT2D eigenvalue weighted by Crippen LogP contribution is 2.27. The molecule has 0 spiro atoms. The van der Waals surface area contributed by atoms with E-state index >= 15 is 0 Å². The van der Waals surface area contributed by atoms with Crippen LogP contribution in [0.2, 0.25) is 0 Å². The van der Waals surface area contributed by atoms with Crippen LogP contribution >= 0.6 is 0 Å². The molecule has 0 saturated heterocycles. The minimum atomic E-state index is -0.494. The number of aliphatic imine (C=N–C) groups is 1. The van der Waals surface area contributed by atoms with Crippen LogP contribution in [0.25, 0.3) is 22.2 Å². The van der Waals surface area contributed by atoms with Crippen molar-refractivity contribution in [3.05, 3.63) is 60.2 Å². The Kier molecular flexibility index (Phi) is 10.5. The molecule has 0 aliphatic carbocycles. The summed E-state index contributed by atoms with van der Waals surface area (Å²) in [4.78, 5) is 21.0. The van der Waals surface area contributed by atoms with Crippen LogP contribution in [-0.4, -0.2) is 36.7 Å². The molecule has 0 bridgehead atoms. The zero-order valence-electron chi connectivity index (χ0n) is 20.5. The number of unbranched alkanes of at least 4 members (excludes halogenated alkanes) is 5. The highest BCUT2D eigenvalue weighted by Gasteiger charge is 2.14. The number of fused-ring (bicyclic) bond motifs is 1. The maximum absolute atomic E-state index is 12.6. The molecule has 35 heavy (non-hydrogen) atoms. The molecule has 0 fully saturated rings. The number of nitrogens with two attached hydrogens (primary N) is 2. The number of para-hydroxylation sites is 1. The number of hydrogen-bond acceptors (Lipinski definition) is 4. The van der Waals surface area contributed by atoms with Gasteiger partial charge in [-0.25, -0.2) is 4.98 Å². The van der Waals surface area contributed by atoms with E-state index in [4.69, 9.17) is 25.9 Å². The topological polar surface area (TPSA) is 113 Å². The SMILES string of the molecule is CCCCCCOCCCCCOc1ccc(-c2cc(C(=O)N=C(N)N)c3ccccc3n2)cc1. The molecule has 0 saturated carbocycles. The summed E-state index contributed by atoms with van der Waals surface area (Å²) in [6.07, 6.45) is 8.11. The predicted octanol–water partition coefficient (Wildman–Crippen LogP) is 5.46. The zero-order valence-corrected chi connectivity index (χ0v) is 20.5. The minimum absolute atomic E-state index is 0.270. The summed E-state index contributed by atoms with van der Waals surface area (Å²) in [5, 5.41) is 0.702. The first-order valence-electron chi connectivity index (χ1n) is 12.4. The van der Waals surface area contributed by atoms with Gasteiger partial charge in [-0.05, 0) is 62.1 Å². The molecule has 7 nitrogen and oxygen atoms in total. The zero-order chi connectivity index (χ0) is 24.9. The fourth-order valence-corrected chi connectivity index (χ4v) is 3.81. The van der Waals surface area contributed by atoms with E-state index in [1.54, 1.807) is 6.07 Å². The fraction of sp³-hybridized carbons (Fsp3) is 0.393. The number of hydrogen-bond donors (Lipinski definition) is 2. The van der Waals surface area contributed by atoms with Gasteiger partial charge in [0.15, 0.2) is 5.96 Å². The first-order valence-corrected chi connectivity index (χ1v) is 12.4. The number of aromatic nitrogens is 1. The summed E-state index contributed by atoms with van der Waals surface area (Å²) in [7, 11) is 0. The van der Waals surface area contributed by atoms with Gasteiger partial charge in [-0.2, -0.15) is 4.99 Å². The Hall–Kier alpha value is -3.45. The highest BCUT2D eigenvalue weighted by atomic mass is 16.5. The van der Waals surface area contributed by atoms with Crippen molar-refractivity contribution in [1.82, 2.24) is 4.98 Å². The second kappa shape index (κ2) is 14.1. The second-order valence-electron chi connectivity index (χ2n) is 8.52. The van der Waals surface area contributed by atoms with Gasteiger partial charge < -0.3 is 20.9 Å². The van der Waals surface area contributed by atoms with E-state index in [0.717, 1.165) is 50.2 Å². The van der Waals surface area contributed by atoms with Crippen molar-refractivity contribution >= 4 is 22.8 Å². The second-order valence-corrected chi connectivity index (χ2v) is 8.52. The third-order valence-electron chi connectivity index (χ3n) is 5.67. The van der Waals surface area contributed by atoms with Crippen LogP contribution in [0.1, 0.15) is 62.2 Å². The number of guanidine groups is 1. The lowest BCUT2D eigenvalue weighted by Gasteiger charge is -2.10. The largest absolute Gasteiger partial charge is 0.494 e. The van der Waals surface area contributed by atoms with Crippen molar-refractivity contribution in [1.29, 1.82) is 0 Å². The van der Waals surface area contributed by atoms with Gasteiger partial charge in [0.1, 0.15) is 5.75 Å². The summed E-state index contributed by atoms with van der Waals surface area (Å²) in [6.45, 7) is 4.59. The van der Waals surface area contributed by atoms with Crippen molar-refractivity contribution in [2.24, 2.45) is 16.5 Å². The Morgan fingerprint density at radius 1 is 0.886 bits per heavy atom. The van der Waals surface area contributed by atoms with Crippen LogP contribution in [0.5, 0.6) is 5.75 Å². The molecule has 0 unspecified atom stereocenters. The Balaban J connectivity index is 1.52. The van der Waals surface area contributed by atoms with Crippen LogP contribution in [0.4, 0.5) is 0 Å². The van der Waals surface area contributed by atoms with Gasteiger partial charge >= 0.3 is 0 Å². The maximum Gasteiger partial charge on any atom is 0.280 e. The number of rotatable bonds is 14. The number of pyridine rings is 1. The smallest absolute Gasteiger partial charge is 0.280 e. The van der Waals surface area contributed by atoms with Crippen molar-refractivity contribution < 1.29 is 14.3 Å². The summed E-state index contributed by atoms with van der Waals surface area (Å²) in [5.74, 6) is 0.0408. The van der Waals surface area contributed by atoms with E-state index in [1.165, 1.54) is 19.3 Å². The van der Waals surface area contributed by atoms with Crippen LogP contribution in [0.3, 0.4) is 0 Å². The van der Waals surface area contributed by atoms with E-state index in [0.29, 0.717) is 28.8 Å². The van der Waals surface area contributed by atoms with E-state index in [2.05, 4.69) is 11.9 Å². The van der Waals surface area contributed by atoms with Gasteiger partial charge in [0.25, 0.3) is 5.91 Å². The molecular formula is C28H36N4O3. The number of carbonyl (C=O) groups is 1. The van der Waals surface area contributed by atoms with Crippen LogP contribution in [0, 0.1) is 0 Å². The van der Waals surface area contributed by atoms with Crippen molar-refractivity contribution in [3.8, 4) is 17.0 Å². The van der Waals surface area contributed by atoms with Gasteiger partial charge in [0, 0.05) is 24.2 Å². The Morgan fingerprint density at radius 3 is 2.29 bits per heavy atom. The van der Waals surface area contributed by atoms with E-state index in [1.807, 2.05) is 48.5 Å². The third-order valence-corrected chi connectivity index (χ3v) is 5.67. The van der Waals surface area contributed by atoms with E-state index in [-0.39, 0.29) is 5.96 Å². The van der Waals surface area contributed by atoms with Gasteiger partial charge in [-0.3, -0.25) is 4.79 Å². The number of amides is 1. The molecule has 7 heteroatoms. The molecule has 1 heterocycles. The Labute approximate surface area is 207 Å². The van der Waals surface area contributed by atoms with Crippen molar-refractivity contribution in [2.45, 2.75) is 51.9 Å². The summed E-state index contributed by atoms with van der Waals surface area (Å²) in [6, 6.07) is 16.9. The van der Waals surface area contributed by atoms with Crippen molar-refractivity contribution in [2.75, 3.05) is 19.8 Å². The lowest BCUT2D eigenvalue weighted by atomic mass is 10.0. The van der Waals surface area contributed by atoms with E-state index < -0.39 is 5.91 Å². The lowest BCUT2D eigenvalue weighted by molar-refractivity contribution is 0.100. The highest BCUT2D eigenvalue weighted by molar-refractivity contribution is 6.10. The quantitative estimate of drug-likeness (QED) is 0.181. The number of nitrogens with zero attached hydrogens (tertiary/aromatic N) is 2. The number of ether oxygens (including phenoxy) is 2. The average molecular weight is 477 g/mol. The standard InChI is InChI=1S/C28H36N4O3/c1-2-3-4-8-17-34-18-9-5-10-19-35-22-15-13-21(14-16-22)26-20-24(27(33)32-28(29)30)23-11-6-7-12-25(23)31-26/h6-7,11-16,20H,2-5,8-10,17-19H2,1H3,(H4,29,30,32,33). The molecule has 0 aliphatic rings.